The Hall–Kier alpha value is -1.68. The minimum Gasteiger partial charge on any atom is -0.314 e. The van der Waals surface area contributed by atoms with E-state index in [9.17, 15) is 0 Å². The molecule has 3 rings (SSSR count). The number of benzene rings is 1. The van der Waals surface area contributed by atoms with Crippen molar-refractivity contribution >= 4 is 0 Å². The van der Waals surface area contributed by atoms with Crippen LogP contribution in [0.5, 0.6) is 0 Å². The summed E-state index contributed by atoms with van der Waals surface area (Å²) >= 11 is 0. The van der Waals surface area contributed by atoms with Crippen molar-refractivity contribution in [3.63, 3.8) is 0 Å². The van der Waals surface area contributed by atoms with Crippen LogP contribution in [-0.4, -0.2) is 27.4 Å². The number of aromatic nitrogens is 3. The summed E-state index contributed by atoms with van der Waals surface area (Å²) in [6.45, 7) is 1.88. The summed E-state index contributed by atoms with van der Waals surface area (Å²) in [5, 5.41) is 7.64. The lowest BCUT2D eigenvalue weighted by atomic mass is 10.1. The van der Waals surface area contributed by atoms with Crippen molar-refractivity contribution in [2.75, 3.05) is 6.54 Å². The van der Waals surface area contributed by atoms with Gasteiger partial charge in [-0.1, -0.05) is 24.3 Å². The molecule has 0 bridgehead atoms. The Labute approximate surface area is 107 Å². The predicted octanol–water partition coefficient (Wildman–Crippen LogP) is 1.62. The molecule has 0 atom stereocenters. The van der Waals surface area contributed by atoms with E-state index in [1.165, 1.54) is 24.0 Å². The van der Waals surface area contributed by atoms with Gasteiger partial charge in [-0.15, -0.1) is 0 Å². The van der Waals surface area contributed by atoms with Gasteiger partial charge in [0.25, 0.3) is 0 Å². The molecule has 0 radical (unpaired) electrons. The summed E-state index contributed by atoms with van der Waals surface area (Å²) in [5.41, 5.74) is 2.66. The van der Waals surface area contributed by atoms with E-state index in [0.717, 1.165) is 25.6 Å². The third kappa shape index (κ3) is 3.17. The molecule has 94 valence electrons. The minimum absolute atomic E-state index is 0.792. The third-order valence-corrected chi connectivity index (χ3v) is 3.26. The molecule has 18 heavy (non-hydrogen) atoms. The molecule has 1 aromatic heterocycles. The quantitative estimate of drug-likeness (QED) is 0.837. The van der Waals surface area contributed by atoms with Gasteiger partial charge in [-0.2, -0.15) is 5.10 Å². The lowest BCUT2D eigenvalue weighted by Gasteiger charge is -2.05. The topological polar surface area (TPSA) is 42.7 Å². The first-order valence-corrected chi connectivity index (χ1v) is 6.54. The molecular formula is C14H18N4. The summed E-state index contributed by atoms with van der Waals surface area (Å²) in [7, 11) is 0. The van der Waals surface area contributed by atoms with Crippen LogP contribution >= 0.6 is 0 Å². The second-order valence-corrected chi connectivity index (χ2v) is 4.89. The first-order chi connectivity index (χ1) is 8.90. The lowest BCUT2D eigenvalue weighted by molar-refractivity contribution is 0.678. The van der Waals surface area contributed by atoms with Crippen LogP contribution < -0.4 is 5.32 Å². The number of rotatable bonds is 6. The van der Waals surface area contributed by atoms with Crippen LogP contribution in [-0.2, 0) is 13.0 Å². The lowest BCUT2D eigenvalue weighted by Crippen LogP contribution is -2.19. The summed E-state index contributed by atoms with van der Waals surface area (Å²) in [4.78, 5) is 3.94. The van der Waals surface area contributed by atoms with E-state index in [-0.39, 0.29) is 0 Å². The summed E-state index contributed by atoms with van der Waals surface area (Å²) in [6, 6.07) is 9.57. The average Bonchev–Trinajstić information content (AvgIpc) is 3.07. The highest BCUT2D eigenvalue weighted by Gasteiger charge is 2.19. The highest BCUT2D eigenvalue weighted by atomic mass is 15.3. The molecular weight excluding hydrogens is 224 g/mol. The van der Waals surface area contributed by atoms with Crippen LogP contribution in [0.25, 0.3) is 0 Å². The molecule has 0 amide bonds. The van der Waals surface area contributed by atoms with Crippen LogP contribution in [0, 0.1) is 0 Å². The Morgan fingerprint density at radius 1 is 1.17 bits per heavy atom. The fourth-order valence-electron chi connectivity index (χ4n) is 2.02. The molecule has 0 unspecified atom stereocenters. The van der Waals surface area contributed by atoms with Crippen LogP contribution in [0.2, 0.25) is 0 Å². The normalized spacial score (nSPS) is 14.9. The van der Waals surface area contributed by atoms with E-state index < -0.39 is 0 Å². The third-order valence-electron chi connectivity index (χ3n) is 3.26. The number of hydrogen-bond donors (Lipinski definition) is 1. The minimum atomic E-state index is 0.792. The van der Waals surface area contributed by atoms with Crippen LogP contribution in [0.15, 0.2) is 36.9 Å². The average molecular weight is 242 g/mol. The van der Waals surface area contributed by atoms with Gasteiger partial charge in [0, 0.05) is 6.04 Å². The van der Waals surface area contributed by atoms with E-state index >= 15 is 0 Å². The van der Waals surface area contributed by atoms with Crippen molar-refractivity contribution < 1.29 is 0 Å². The van der Waals surface area contributed by atoms with Gasteiger partial charge in [-0.3, -0.25) is 0 Å². The maximum absolute atomic E-state index is 4.11. The molecule has 0 saturated heterocycles. The first-order valence-electron chi connectivity index (χ1n) is 6.54. The maximum Gasteiger partial charge on any atom is 0.137 e. The van der Waals surface area contributed by atoms with Gasteiger partial charge in [-0.05, 0) is 36.9 Å². The van der Waals surface area contributed by atoms with Crippen LogP contribution in [0.4, 0.5) is 0 Å². The van der Waals surface area contributed by atoms with Crippen molar-refractivity contribution in [3.8, 4) is 0 Å². The number of hydrogen-bond acceptors (Lipinski definition) is 3. The van der Waals surface area contributed by atoms with E-state index in [1.807, 2.05) is 4.68 Å². The van der Waals surface area contributed by atoms with Crippen LogP contribution in [0.1, 0.15) is 24.0 Å². The van der Waals surface area contributed by atoms with Crippen molar-refractivity contribution in [3.05, 3.63) is 48.0 Å². The maximum atomic E-state index is 4.11. The monoisotopic (exact) mass is 242 g/mol. The number of nitrogens with zero attached hydrogens (tertiary/aromatic N) is 3. The molecule has 0 aliphatic heterocycles. The molecule has 1 N–H and O–H groups in total. The van der Waals surface area contributed by atoms with E-state index in [0.29, 0.717) is 0 Å². The summed E-state index contributed by atoms with van der Waals surface area (Å²) in [5.74, 6) is 0. The molecule has 1 saturated carbocycles. The van der Waals surface area contributed by atoms with Crippen molar-refractivity contribution in [2.24, 2.45) is 0 Å². The summed E-state index contributed by atoms with van der Waals surface area (Å²) in [6.07, 6.45) is 7.14. The highest BCUT2D eigenvalue weighted by molar-refractivity contribution is 5.22. The molecule has 4 nitrogen and oxygen atoms in total. The van der Waals surface area contributed by atoms with Crippen molar-refractivity contribution in [1.82, 2.24) is 20.1 Å². The predicted molar refractivity (Wildman–Crippen MR) is 70.3 cm³/mol. The largest absolute Gasteiger partial charge is 0.314 e. The van der Waals surface area contributed by atoms with Gasteiger partial charge in [0.05, 0.1) is 6.54 Å². The second kappa shape index (κ2) is 5.31. The summed E-state index contributed by atoms with van der Waals surface area (Å²) < 4.78 is 1.84. The molecule has 2 aromatic rings. The number of nitrogens with one attached hydrogen (secondary N) is 1. The van der Waals surface area contributed by atoms with Crippen LogP contribution in [0.3, 0.4) is 0 Å². The SMILES string of the molecule is c1ncn(Cc2ccc(CCNC3CC3)cc2)n1. The Morgan fingerprint density at radius 2 is 1.94 bits per heavy atom. The van der Waals surface area contributed by atoms with Gasteiger partial charge < -0.3 is 5.32 Å². The second-order valence-electron chi connectivity index (χ2n) is 4.89. The van der Waals surface area contributed by atoms with Gasteiger partial charge in [0.1, 0.15) is 12.7 Å². The van der Waals surface area contributed by atoms with Gasteiger partial charge in [-0.25, -0.2) is 9.67 Å². The molecule has 1 aliphatic carbocycles. The molecule has 1 aliphatic rings. The zero-order valence-electron chi connectivity index (χ0n) is 10.4. The zero-order chi connectivity index (χ0) is 12.2. The molecule has 1 fully saturated rings. The van der Waals surface area contributed by atoms with E-state index in [2.05, 4.69) is 39.7 Å². The van der Waals surface area contributed by atoms with Gasteiger partial charge in [0.15, 0.2) is 0 Å². The smallest absolute Gasteiger partial charge is 0.137 e. The zero-order valence-corrected chi connectivity index (χ0v) is 10.4. The highest BCUT2D eigenvalue weighted by Crippen LogP contribution is 2.18. The Kier molecular flexibility index (Phi) is 3.37. The Balaban J connectivity index is 1.51. The van der Waals surface area contributed by atoms with E-state index in [4.69, 9.17) is 0 Å². The van der Waals surface area contributed by atoms with Gasteiger partial charge in [0.2, 0.25) is 0 Å². The molecule has 4 heteroatoms. The Bertz CT molecular complexity index is 471. The molecule has 0 spiro atoms. The first kappa shape index (κ1) is 11.4. The fraction of sp³-hybridized carbons (Fsp3) is 0.429. The fourth-order valence-corrected chi connectivity index (χ4v) is 2.02. The molecule has 1 aromatic carbocycles. The van der Waals surface area contributed by atoms with Crippen molar-refractivity contribution in [1.29, 1.82) is 0 Å². The van der Waals surface area contributed by atoms with Gasteiger partial charge >= 0.3 is 0 Å². The van der Waals surface area contributed by atoms with Crippen molar-refractivity contribution in [2.45, 2.75) is 31.8 Å². The standard InChI is InChI=1S/C14H18N4/c1-3-13(9-18-11-15-10-17-18)4-2-12(1)7-8-16-14-5-6-14/h1-4,10-11,14,16H,5-9H2. The Morgan fingerprint density at radius 3 is 2.61 bits per heavy atom. The van der Waals surface area contributed by atoms with E-state index in [1.54, 1.807) is 12.7 Å². The molecule has 1 heterocycles.